The number of hydrogen-bond donors (Lipinski definition) is 3. The fourth-order valence-electron chi connectivity index (χ4n) is 4.37. The van der Waals surface area contributed by atoms with E-state index >= 15 is 0 Å². The highest BCUT2D eigenvalue weighted by molar-refractivity contribution is 6.06. The van der Waals surface area contributed by atoms with Crippen LogP contribution in [0.3, 0.4) is 0 Å². The Labute approximate surface area is 195 Å². The zero-order valence-electron chi connectivity index (χ0n) is 18.3. The highest BCUT2D eigenvalue weighted by atomic mass is 19.1. The first kappa shape index (κ1) is 21.7. The molecule has 0 unspecified atom stereocenters. The van der Waals surface area contributed by atoms with Crippen molar-refractivity contribution in [3.63, 3.8) is 0 Å². The predicted molar refractivity (Wildman–Crippen MR) is 126 cm³/mol. The molecule has 1 aliphatic rings. The molecule has 0 bridgehead atoms. The first-order valence-electron chi connectivity index (χ1n) is 10.9. The molecular formula is C25H23FN6O2. The van der Waals surface area contributed by atoms with E-state index in [9.17, 15) is 9.18 Å². The third-order valence-electron chi connectivity index (χ3n) is 6.32. The quantitative estimate of drug-likeness (QED) is 0.390. The Morgan fingerprint density at radius 2 is 1.71 bits per heavy atom. The van der Waals surface area contributed by atoms with Crippen molar-refractivity contribution in [1.82, 2.24) is 20.6 Å². The van der Waals surface area contributed by atoms with Gasteiger partial charge in [0.25, 0.3) is 5.91 Å². The first-order chi connectivity index (χ1) is 16.5. The van der Waals surface area contributed by atoms with Gasteiger partial charge in [-0.2, -0.15) is 0 Å². The maximum Gasteiger partial charge on any atom is 0.255 e. The van der Waals surface area contributed by atoms with Gasteiger partial charge in [0.2, 0.25) is 0 Å². The van der Waals surface area contributed by atoms with E-state index in [2.05, 4.69) is 25.9 Å². The molecule has 8 nitrogen and oxygen atoms in total. The smallest absolute Gasteiger partial charge is 0.255 e. The molecule has 1 fully saturated rings. The summed E-state index contributed by atoms with van der Waals surface area (Å²) in [5.41, 5.74) is 9.80. The number of nitrogens with two attached hydrogens (primary N) is 1. The van der Waals surface area contributed by atoms with Gasteiger partial charge in [0.15, 0.2) is 5.82 Å². The maximum atomic E-state index is 13.3. The molecule has 1 aromatic heterocycles. The topological polar surface area (TPSA) is 119 Å². The van der Waals surface area contributed by atoms with Crippen molar-refractivity contribution in [2.24, 2.45) is 0 Å². The van der Waals surface area contributed by atoms with Gasteiger partial charge < -0.3 is 15.8 Å². The van der Waals surface area contributed by atoms with Crippen LogP contribution in [0.25, 0.3) is 11.1 Å². The fraction of sp³-hybridized carbons (Fsp3) is 0.200. The van der Waals surface area contributed by atoms with Gasteiger partial charge in [0, 0.05) is 18.8 Å². The number of aromatic amines is 1. The summed E-state index contributed by atoms with van der Waals surface area (Å²) in [5.74, 6) is 0.105. The van der Waals surface area contributed by atoms with Crippen molar-refractivity contribution in [1.29, 1.82) is 0 Å². The van der Waals surface area contributed by atoms with Gasteiger partial charge >= 0.3 is 0 Å². The number of aromatic nitrogens is 4. The van der Waals surface area contributed by atoms with Gasteiger partial charge in [-0.3, -0.25) is 4.79 Å². The van der Waals surface area contributed by atoms with Crippen LogP contribution >= 0.6 is 0 Å². The minimum Gasteiger partial charge on any atom is -0.397 e. The Kier molecular flexibility index (Phi) is 5.77. The van der Waals surface area contributed by atoms with Gasteiger partial charge in [-0.1, -0.05) is 30.3 Å². The predicted octanol–water partition coefficient (Wildman–Crippen LogP) is 3.94. The van der Waals surface area contributed by atoms with Crippen molar-refractivity contribution in [2.45, 2.75) is 18.3 Å². The van der Waals surface area contributed by atoms with E-state index in [4.69, 9.17) is 10.5 Å². The lowest BCUT2D eigenvalue weighted by Gasteiger charge is -2.35. The second-order valence-electron chi connectivity index (χ2n) is 8.28. The summed E-state index contributed by atoms with van der Waals surface area (Å²) < 4.78 is 18.8. The average Bonchev–Trinajstić information content (AvgIpc) is 3.42. The molecule has 9 heteroatoms. The van der Waals surface area contributed by atoms with Gasteiger partial charge in [0.05, 0.1) is 16.8 Å². The highest BCUT2D eigenvalue weighted by Gasteiger charge is 2.39. The molecule has 1 saturated heterocycles. The number of amides is 1. The zero-order valence-corrected chi connectivity index (χ0v) is 18.3. The highest BCUT2D eigenvalue weighted by Crippen LogP contribution is 2.39. The van der Waals surface area contributed by atoms with Crippen molar-refractivity contribution in [3.8, 4) is 11.1 Å². The third-order valence-corrected chi connectivity index (χ3v) is 6.32. The number of nitrogen functional groups attached to an aromatic ring is 1. The first-order valence-corrected chi connectivity index (χ1v) is 10.9. The van der Waals surface area contributed by atoms with E-state index in [1.807, 2.05) is 18.2 Å². The minimum absolute atomic E-state index is 0.281. The van der Waals surface area contributed by atoms with Crippen LogP contribution in [-0.2, 0) is 10.2 Å². The van der Waals surface area contributed by atoms with E-state index in [1.54, 1.807) is 36.4 Å². The van der Waals surface area contributed by atoms with Crippen LogP contribution in [0.4, 0.5) is 15.8 Å². The molecular weight excluding hydrogens is 435 g/mol. The number of tetrazole rings is 1. The normalized spacial score (nSPS) is 15.1. The van der Waals surface area contributed by atoms with Crippen LogP contribution in [0.15, 0.2) is 66.7 Å². The second kappa shape index (κ2) is 9.03. The van der Waals surface area contributed by atoms with E-state index in [-0.39, 0.29) is 17.1 Å². The summed E-state index contributed by atoms with van der Waals surface area (Å²) in [6.45, 7) is 1.21. The van der Waals surface area contributed by atoms with Crippen molar-refractivity contribution < 1.29 is 13.9 Å². The van der Waals surface area contributed by atoms with E-state index < -0.39 is 0 Å². The average molecular weight is 458 g/mol. The summed E-state index contributed by atoms with van der Waals surface area (Å²) in [6.07, 6.45) is 1.48. The zero-order chi connectivity index (χ0) is 23.5. The monoisotopic (exact) mass is 458 g/mol. The van der Waals surface area contributed by atoms with Crippen LogP contribution in [0, 0.1) is 5.82 Å². The number of nitrogens with one attached hydrogen (secondary N) is 2. The number of hydrogen-bond acceptors (Lipinski definition) is 6. The number of anilines is 2. The Bertz CT molecular complexity index is 1280. The Hall–Kier alpha value is -4.11. The van der Waals surface area contributed by atoms with Crippen LogP contribution in [0.2, 0.25) is 0 Å². The number of rotatable bonds is 5. The molecule has 34 heavy (non-hydrogen) atoms. The molecule has 0 atom stereocenters. The molecule has 0 aliphatic carbocycles. The third kappa shape index (κ3) is 4.13. The van der Waals surface area contributed by atoms with Crippen LogP contribution < -0.4 is 11.1 Å². The summed E-state index contributed by atoms with van der Waals surface area (Å²) in [5, 5.41) is 17.4. The summed E-state index contributed by atoms with van der Waals surface area (Å²) in [7, 11) is 0. The Morgan fingerprint density at radius 1 is 1.00 bits per heavy atom. The van der Waals surface area contributed by atoms with Crippen LogP contribution in [-0.4, -0.2) is 39.7 Å². The molecule has 1 aliphatic heterocycles. The molecule has 4 aromatic rings. The largest absolute Gasteiger partial charge is 0.397 e. The van der Waals surface area contributed by atoms with Gasteiger partial charge in [0.1, 0.15) is 5.82 Å². The summed E-state index contributed by atoms with van der Waals surface area (Å²) >= 11 is 0. The second-order valence-corrected chi connectivity index (χ2v) is 8.28. The number of H-pyrrole nitrogens is 1. The molecule has 0 saturated carbocycles. The lowest BCUT2D eigenvalue weighted by molar-refractivity contribution is 0.0604. The minimum atomic E-state index is -0.384. The summed E-state index contributed by atoms with van der Waals surface area (Å²) in [4.78, 5) is 13.0. The standard InChI is InChI=1S/C25H23FN6O2/c26-20-8-3-16(4-9-20)18-5-10-21(27)22(15-18)28-23(33)17-1-6-19(7-2-17)25(11-13-34-14-12-25)24-29-31-32-30-24/h1-10,15H,11-14,27H2,(H,28,33)(H,29,30,31,32). The number of carbonyl (C=O) groups excluding carboxylic acids is 1. The molecule has 0 radical (unpaired) electrons. The number of benzene rings is 3. The number of nitrogens with zero attached hydrogens (tertiary/aromatic N) is 3. The van der Waals surface area contributed by atoms with E-state index in [1.165, 1.54) is 12.1 Å². The van der Waals surface area contributed by atoms with Crippen LogP contribution in [0.5, 0.6) is 0 Å². The lowest BCUT2D eigenvalue weighted by Crippen LogP contribution is -2.36. The van der Waals surface area contributed by atoms with E-state index in [0.717, 1.165) is 29.5 Å². The molecule has 5 rings (SSSR count). The van der Waals surface area contributed by atoms with E-state index in [0.29, 0.717) is 36.0 Å². The fourth-order valence-corrected chi connectivity index (χ4v) is 4.37. The summed E-state index contributed by atoms with van der Waals surface area (Å²) in [6, 6.07) is 18.9. The molecule has 0 spiro atoms. The van der Waals surface area contributed by atoms with Crippen molar-refractivity contribution in [3.05, 3.63) is 89.5 Å². The van der Waals surface area contributed by atoms with Crippen molar-refractivity contribution in [2.75, 3.05) is 24.3 Å². The SMILES string of the molecule is Nc1ccc(-c2ccc(F)cc2)cc1NC(=O)c1ccc(C2(c3nnn[nH]3)CCOCC2)cc1. The van der Waals surface area contributed by atoms with Crippen LogP contribution in [0.1, 0.15) is 34.6 Å². The lowest BCUT2D eigenvalue weighted by atomic mass is 9.73. The van der Waals surface area contributed by atoms with Gasteiger partial charge in [-0.15, -0.1) is 5.10 Å². The molecule has 4 N–H and O–H groups in total. The van der Waals surface area contributed by atoms with Crippen molar-refractivity contribution >= 4 is 17.3 Å². The molecule has 2 heterocycles. The number of ether oxygens (including phenoxy) is 1. The maximum absolute atomic E-state index is 13.3. The van der Waals surface area contributed by atoms with Gasteiger partial charge in [-0.05, 0) is 76.4 Å². The Morgan fingerprint density at radius 3 is 2.38 bits per heavy atom. The number of halogens is 1. The Balaban J connectivity index is 1.38. The molecule has 172 valence electrons. The van der Waals surface area contributed by atoms with Gasteiger partial charge in [-0.25, -0.2) is 9.49 Å². The number of carbonyl (C=O) groups is 1. The molecule has 3 aromatic carbocycles. The molecule has 1 amide bonds.